The van der Waals surface area contributed by atoms with E-state index in [2.05, 4.69) is 25.8 Å². The van der Waals surface area contributed by atoms with E-state index in [1.54, 1.807) is 14.1 Å². The number of hydrogen-bond acceptors (Lipinski definition) is 4. The standard InChI is InChI=1S/C19H37N5O2/c1-18(2,16(25)20-3)14-22-17(21-4)23-15-19(8-6-5-7-9-19)24-10-12-26-13-11-24/h5-15H2,1-4H3,(H,20,25)(H2,21,22,23). The Labute approximate surface area is 158 Å². The van der Waals surface area contributed by atoms with Crippen LogP contribution in [0.25, 0.3) is 0 Å². The third-order valence-electron chi connectivity index (χ3n) is 5.81. The molecule has 7 nitrogen and oxygen atoms in total. The third kappa shape index (κ3) is 5.33. The SMILES string of the molecule is CN=C(NCC(C)(C)C(=O)NC)NCC1(N2CCOCC2)CCCCC1. The molecule has 1 heterocycles. The fraction of sp³-hybridized carbons (Fsp3) is 0.895. The Balaban J connectivity index is 1.94. The molecule has 1 saturated heterocycles. The largest absolute Gasteiger partial charge is 0.379 e. The van der Waals surface area contributed by atoms with Crippen molar-refractivity contribution in [1.82, 2.24) is 20.9 Å². The average molecular weight is 368 g/mol. The number of morpholine rings is 1. The number of nitrogens with one attached hydrogen (secondary N) is 3. The average Bonchev–Trinajstić information content (AvgIpc) is 2.68. The molecule has 3 N–H and O–H groups in total. The lowest BCUT2D eigenvalue weighted by atomic mass is 9.80. The molecule has 0 unspecified atom stereocenters. The van der Waals surface area contributed by atoms with Crippen molar-refractivity contribution in [2.45, 2.75) is 51.5 Å². The highest BCUT2D eigenvalue weighted by Gasteiger charge is 2.38. The first-order valence-corrected chi connectivity index (χ1v) is 9.93. The minimum Gasteiger partial charge on any atom is -0.379 e. The van der Waals surface area contributed by atoms with Crippen LogP contribution in [0.15, 0.2) is 4.99 Å². The van der Waals surface area contributed by atoms with Gasteiger partial charge in [0.15, 0.2) is 5.96 Å². The number of carbonyl (C=O) groups excluding carboxylic acids is 1. The van der Waals surface area contributed by atoms with Crippen LogP contribution in [0, 0.1) is 5.41 Å². The highest BCUT2D eigenvalue weighted by Crippen LogP contribution is 2.33. The summed E-state index contributed by atoms with van der Waals surface area (Å²) in [5.74, 6) is 0.790. The molecule has 0 aromatic carbocycles. The maximum absolute atomic E-state index is 12.0. The maximum atomic E-state index is 12.0. The van der Waals surface area contributed by atoms with Crippen molar-refractivity contribution >= 4 is 11.9 Å². The predicted octanol–water partition coefficient (Wildman–Crippen LogP) is 0.959. The molecule has 26 heavy (non-hydrogen) atoms. The normalized spacial score (nSPS) is 21.9. The minimum absolute atomic E-state index is 0.0255. The van der Waals surface area contributed by atoms with Gasteiger partial charge in [-0.05, 0) is 26.7 Å². The van der Waals surface area contributed by atoms with Gasteiger partial charge in [0.05, 0.1) is 18.6 Å². The second-order valence-electron chi connectivity index (χ2n) is 8.13. The fourth-order valence-corrected chi connectivity index (χ4v) is 4.04. The Bertz CT molecular complexity index is 480. The summed E-state index contributed by atoms with van der Waals surface area (Å²) in [7, 11) is 3.46. The van der Waals surface area contributed by atoms with Crippen molar-refractivity contribution in [2.24, 2.45) is 10.4 Å². The van der Waals surface area contributed by atoms with E-state index in [4.69, 9.17) is 4.74 Å². The maximum Gasteiger partial charge on any atom is 0.227 e. The smallest absolute Gasteiger partial charge is 0.227 e. The number of nitrogens with zero attached hydrogens (tertiary/aromatic N) is 2. The van der Waals surface area contributed by atoms with Gasteiger partial charge in [-0.25, -0.2) is 0 Å². The molecule has 0 bridgehead atoms. The first kappa shape index (κ1) is 21.0. The zero-order valence-electron chi connectivity index (χ0n) is 17.0. The number of rotatable bonds is 6. The predicted molar refractivity (Wildman–Crippen MR) is 105 cm³/mol. The second kappa shape index (κ2) is 9.55. The minimum atomic E-state index is -0.487. The lowest BCUT2D eigenvalue weighted by Crippen LogP contribution is -2.60. The van der Waals surface area contributed by atoms with E-state index >= 15 is 0 Å². The molecule has 1 aliphatic carbocycles. The van der Waals surface area contributed by atoms with E-state index in [9.17, 15) is 4.79 Å². The van der Waals surface area contributed by atoms with Gasteiger partial charge in [-0.15, -0.1) is 0 Å². The number of guanidine groups is 1. The van der Waals surface area contributed by atoms with Gasteiger partial charge in [-0.2, -0.15) is 0 Å². The molecule has 150 valence electrons. The van der Waals surface area contributed by atoms with Crippen molar-refractivity contribution in [1.29, 1.82) is 0 Å². The van der Waals surface area contributed by atoms with Crippen LogP contribution in [0.1, 0.15) is 46.0 Å². The Morgan fingerprint density at radius 1 is 1.15 bits per heavy atom. The van der Waals surface area contributed by atoms with Crippen LogP contribution in [0.2, 0.25) is 0 Å². The fourth-order valence-electron chi connectivity index (χ4n) is 4.04. The summed E-state index contributed by atoms with van der Waals surface area (Å²) < 4.78 is 5.56. The highest BCUT2D eigenvalue weighted by atomic mass is 16.5. The van der Waals surface area contributed by atoms with E-state index in [-0.39, 0.29) is 11.4 Å². The van der Waals surface area contributed by atoms with Gasteiger partial charge in [0.1, 0.15) is 0 Å². The summed E-state index contributed by atoms with van der Waals surface area (Å²) in [6.07, 6.45) is 6.35. The summed E-state index contributed by atoms with van der Waals surface area (Å²) in [5.41, 5.74) is -0.297. The Morgan fingerprint density at radius 2 is 1.81 bits per heavy atom. The molecule has 2 fully saturated rings. The first-order valence-electron chi connectivity index (χ1n) is 9.93. The van der Waals surface area contributed by atoms with Gasteiger partial charge in [-0.1, -0.05) is 19.3 Å². The van der Waals surface area contributed by atoms with Gasteiger partial charge < -0.3 is 20.7 Å². The molecule has 0 radical (unpaired) electrons. The van der Waals surface area contributed by atoms with Gasteiger partial charge in [-0.3, -0.25) is 14.7 Å². The van der Waals surface area contributed by atoms with E-state index in [0.717, 1.165) is 38.8 Å². The van der Waals surface area contributed by atoms with Crippen LogP contribution in [-0.4, -0.2) is 75.8 Å². The topological polar surface area (TPSA) is 78.0 Å². The molecule has 2 aliphatic rings. The molecular formula is C19H37N5O2. The van der Waals surface area contributed by atoms with Gasteiger partial charge in [0.2, 0.25) is 5.91 Å². The molecule has 7 heteroatoms. The van der Waals surface area contributed by atoms with Crippen LogP contribution in [0.4, 0.5) is 0 Å². The van der Waals surface area contributed by atoms with Gasteiger partial charge >= 0.3 is 0 Å². The second-order valence-corrected chi connectivity index (χ2v) is 8.13. The zero-order valence-corrected chi connectivity index (χ0v) is 17.0. The molecule has 1 amide bonds. The Hall–Kier alpha value is -1.34. The zero-order chi connectivity index (χ0) is 19.0. The number of ether oxygens (including phenoxy) is 1. The summed E-state index contributed by atoms with van der Waals surface area (Å²) >= 11 is 0. The van der Waals surface area contributed by atoms with Crippen LogP contribution < -0.4 is 16.0 Å². The quantitative estimate of drug-likeness (QED) is 0.481. The van der Waals surface area contributed by atoms with E-state index in [0.29, 0.717) is 6.54 Å². The van der Waals surface area contributed by atoms with E-state index in [1.807, 2.05) is 13.8 Å². The monoisotopic (exact) mass is 367 g/mol. The van der Waals surface area contributed by atoms with Crippen molar-refractivity contribution in [2.75, 3.05) is 53.5 Å². The molecule has 0 spiro atoms. The van der Waals surface area contributed by atoms with Gasteiger partial charge in [0, 0.05) is 45.8 Å². The van der Waals surface area contributed by atoms with Crippen molar-refractivity contribution in [3.8, 4) is 0 Å². The lowest BCUT2D eigenvalue weighted by Gasteiger charge is -2.48. The number of amides is 1. The molecule has 2 rings (SSSR count). The van der Waals surface area contributed by atoms with Crippen LogP contribution in [-0.2, 0) is 9.53 Å². The molecule has 0 aromatic rings. The summed E-state index contributed by atoms with van der Waals surface area (Å²) in [4.78, 5) is 18.9. The van der Waals surface area contributed by atoms with Crippen molar-refractivity contribution in [3.05, 3.63) is 0 Å². The van der Waals surface area contributed by atoms with Crippen molar-refractivity contribution < 1.29 is 9.53 Å². The first-order chi connectivity index (χ1) is 12.4. The molecule has 0 aromatic heterocycles. The molecule has 1 saturated carbocycles. The van der Waals surface area contributed by atoms with Crippen LogP contribution in [0.3, 0.4) is 0 Å². The van der Waals surface area contributed by atoms with E-state index in [1.165, 1.54) is 32.1 Å². The Morgan fingerprint density at radius 3 is 2.38 bits per heavy atom. The lowest BCUT2D eigenvalue weighted by molar-refractivity contribution is -0.128. The highest BCUT2D eigenvalue weighted by molar-refractivity contribution is 5.84. The third-order valence-corrected chi connectivity index (χ3v) is 5.81. The number of carbonyl (C=O) groups is 1. The molecule has 1 aliphatic heterocycles. The van der Waals surface area contributed by atoms with E-state index < -0.39 is 5.41 Å². The molecular weight excluding hydrogens is 330 g/mol. The van der Waals surface area contributed by atoms with Gasteiger partial charge in [0.25, 0.3) is 0 Å². The van der Waals surface area contributed by atoms with Crippen LogP contribution >= 0.6 is 0 Å². The van der Waals surface area contributed by atoms with Crippen LogP contribution in [0.5, 0.6) is 0 Å². The van der Waals surface area contributed by atoms with Crippen molar-refractivity contribution in [3.63, 3.8) is 0 Å². The number of hydrogen-bond donors (Lipinski definition) is 3. The summed E-state index contributed by atoms with van der Waals surface area (Å²) in [6, 6.07) is 0. The molecule has 0 atom stereocenters. The summed E-state index contributed by atoms with van der Waals surface area (Å²) in [5, 5.41) is 9.57. The summed E-state index contributed by atoms with van der Waals surface area (Å²) in [6.45, 7) is 8.97. The Kier molecular flexibility index (Phi) is 7.70. The number of aliphatic imine (C=N–C) groups is 1.